The highest BCUT2D eigenvalue weighted by Gasteiger charge is 2.37. The first kappa shape index (κ1) is 21.4. The van der Waals surface area contributed by atoms with Crippen molar-refractivity contribution < 1.29 is 9.59 Å². The van der Waals surface area contributed by atoms with Crippen LogP contribution >= 0.6 is 0 Å². The van der Waals surface area contributed by atoms with E-state index in [-0.39, 0.29) is 17.9 Å². The van der Waals surface area contributed by atoms with Gasteiger partial charge in [-0.1, -0.05) is 86.1 Å². The number of imide groups is 1. The summed E-state index contributed by atoms with van der Waals surface area (Å²) in [4.78, 5) is 29.7. The molecule has 0 N–H and O–H groups in total. The van der Waals surface area contributed by atoms with Crippen molar-refractivity contribution in [2.24, 2.45) is 0 Å². The second-order valence-electron chi connectivity index (χ2n) is 8.83. The topological polar surface area (TPSA) is 40.6 Å². The third-order valence-electron chi connectivity index (χ3n) is 6.66. The Morgan fingerprint density at radius 2 is 1.24 bits per heavy atom. The van der Waals surface area contributed by atoms with E-state index in [0.717, 1.165) is 25.9 Å². The molecule has 0 radical (unpaired) electrons. The lowest BCUT2D eigenvalue weighted by molar-refractivity contribution is 0.0665. The summed E-state index contributed by atoms with van der Waals surface area (Å²) in [6.45, 7) is 4.25. The predicted octanol–water partition coefficient (Wildman–Crippen LogP) is 5.48. The van der Waals surface area contributed by atoms with E-state index in [9.17, 15) is 9.59 Å². The highest BCUT2D eigenvalue weighted by Crippen LogP contribution is 2.36. The molecule has 0 aromatic heterocycles. The van der Waals surface area contributed by atoms with Gasteiger partial charge in [-0.05, 0) is 40.8 Å². The van der Waals surface area contributed by atoms with Crippen molar-refractivity contribution in [1.82, 2.24) is 9.80 Å². The highest BCUT2D eigenvalue weighted by molar-refractivity contribution is 6.21. The molecule has 0 saturated carbocycles. The first-order chi connectivity index (χ1) is 16.2. The van der Waals surface area contributed by atoms with E-state index >= 15 is 0 Å². The SMILES string of the molecule is CCCC(CN1C(=O)c2ccccc2C1=O)=C1CN(C(c2ccccc2)c2ccccc2)C1. The van der Waals surface area contributed by atoms with Crippen LogP contribution in [0.1, 0.15) is 57.7 Å². The molecule has 2 heterocycles. The summed E-state index contributed by atoms with van der Waals surface area (Å²) < 4.78 is 0. The van der Waals surface area contributed by atoms with Gasteiger partial charge in [-0.3, -0.25) is 19.4 Å². The largest absolute Gasteiger partial charge is 0.284 e. The van der Waals surface area contributed by atoms with E-state index in [0.29, 0.717) is 17.7 Å². The van der Waals surface area contributed by atoms with E-state index < -0.39 is 0 Å². The molecule has 0 aliphatic carbocycles. The maximum absolute atomic E-state index is 12.9. The molecular formula is C29H28N2O2. The number of nitrogens with zero attached hydrogens (tertiary/aromatic N) is 2. The average molecular weight is 437 g/mol. The number of carbonyl (C=O) groups is 2. The molecule has 5 rings (SSSR count). The van der Waals surface area contributed by atoms with Crippen LogP contribution in [0.25, 0.3) is 0 Å². The zero-order valence-electron chi connectivity index (χ0n) is 18.9. The lowest BCUT2D eigenvalue weighted by Gasteiger charge is -2.42. The van der Waals surface area contributed by atoms with Crippen LogP contribution in [-0.4, -0.2) is 41.2 Å². The zero-order chi connectivity index (χ0) is 22.8. The summed E-state index contributed by atoms with van der Waals surface area (Å²) in [6, 6.07) is 28.5. The summed E-state index contributed by atoms with van der Waals surface area (Å²) in [5.41, 5.74) is 6.17. The molecule has 1 fully saturated rings. The van der Waals surface area contributed by atoms with Crippen LogP contribution in [0.2, 0.25) is 0 Å². The number of rotatable bonds is 7. The summed E-state index contributed by atoms with van der Waals surface area (Å²) in [5.74, 6) is -0.347. The molecule has 4 heteroatoms. The summed E-state index contributed by atoms with van der Waals surface area (Å²) >= 11 is 0. The van der Waals surface area contributed by atoms with E-state index in [4.69, 9.17) is 0 Å². The first-order valence-corrected chi connectivity index (χ1v) is 11.7. The highest BCUT2D eigenvalue weighted by atomic mass is 16.2. The Labute approximate surface area is 195 Å². The number of fused-ring (bicyclic) bond motifs is 1. The van der Waals surface area contributed by atoms with Gasteiger partial charge in [0, 0.05) is 13.1 Å². The molecule has 1 saturated heterocycles. The van der Waals surface area contributed by atoms with Gasteiger partial charge >= 0.3 is 0 Å². The number of carbonyl (C=O) groups excluding carboxylic acids is 2. The minimum Gasteiger partial charge on any atom is -0.284 e. The second kappa shape index (κ2) is 9.16. The quantitative estimate of drug-likeness (QED) is 0.364. The third kappa shape index (κ3) is 4.03. The molecule has 0 atom stereocenters. The van der Waals surface area contributed by atoms with Crippen LogP contribution in [-0.2, 0) is 0 Å². The fraction of sp³-hybridized carbons (Fsp3) is 0.241. The maximum atomic E-state index is 12.9. The van der Waals surface area contributed by atoms with Crippen LogP contribution < -0.4 is 0 Å². The fourth-order valence-corrected chi connectivity index (χ4v) is 4.98. The lowest BCUT2D eigenvalue weighted by atomic mass is 9.90. The Balaban J connectivity index is 1.38. The first-order valence-electron chi connectivity index (χ1n) is 11.7. The normalized spacial score (nSPS) is 15.7. The molecule has 0 unspecified atom stereocenters. The van der Waals surface area contributed by atoms with Gasteiger partial charge in [0.25, 0.3) is 11.8 Å². The van der Waals surface area contributed by atoms with Crippen molar-refractivity contribution in [2.45, 2.75) is 25.8 Å². The summed E-state index contributed by atoms with van der Waals surface area (Å²) in [6.07, 6.45) is 1.89. The van der Waals surface area contributed by atoms with Crippen LogP contribution in [0, 0.1) is 0 Å². The van der Waals surface area contributed by atoms with Gasteiger partial charge in [0.2, 0.25) is 0 Å². The Morgan fingerprint density at radius 3 is 1.73 bits per heavy atom. The van der Waals surface area contributed by atoms with Crippen LogP contribution in [0.4, 0.5) is 0 Å². The summed E-state index contributed by atoms with van der Waals surface area (Å²) in [7, 11) is 0. The number of hydrogen-bond acceptors (Lipinski definition) is 3. The molecule has 3 aromatic carbocycles. The lowest BCUT2D eigenvalue weighted by Crippen LogP contribution is -2.45. The standard InChI is InChI=1S/C29H28N2O2/c1-2-11-23(20-31-28(32)25-16-9-10-17-26(25)29(31)33)24-18-30(19-24)27(21-12-5-3-6-13-21)22-14-7-4-8-15-22/h3-10,12-17,27H,2,11,18-20H2,1H3. The van der Waals surface area contributed by atoms with Crippen molar-refractivity contribution in [2.75, 3.05) is 19.6 Å². The smallest absolute Gasteiger partial charge is 0.261 e. The Hall–Kier alpha value is -3.50. The van der Waals surface area contributed by atoms with E-state index in [2.05, 4.69) is 72.5 Å². The van der Waals surface area contributed by atoms with Gasteiger partial charge in [-0.25, -0.2) is 0 Å². The Kier molecular flexibility index (Phi) is 5.93. The molecule has 4 nitrogen and oxygen atoms in total. The van der Waals surface area contributed by atoms with E-state index in [1.807, 2.05) is 12.1 Å². The van der Waals surface area contributed by atoms with Crippen molar-refractivity contribution in [3.8, 4) is 0 Å². The zero-order valence-corrected chi connectivity index (χ0v) is 18.9. The Bertz CT molecular complexity index is 1120. The van der Waals surface area contributed by atoms with Crippen molar-refractivity contribution >= 4 is 11.8 Å². The average Bonchev–Trinajstić information content (AvgIpc) is 3.07. The van der Waals surface area contributed by atoms with Gasteiger partial charge in [0.05, 0.1) is 23.7 Å². The Morgan fingerprint density at radius 1 is 0.758 bits per heavy atom. The molecule has 33 heavy (non-hydrogen) atoms. The fourth-order valence-electron chi connectivity index (χ4n) is 4.98. The number of benzene rings is 3. The molecule has 2 amide bonds. The minimum absolute atomic E-state index is 0.174. The molecule has 0 spiro atoms. The molecule has 3 aromatic rings. The molecular weight excluding hydrogens is 408 g/mol. The van der Waals surface area contributed by atoms with E-state index in [1.54, 1.807) is 12.1 Å². The second-order valence-corrected chi connectivity index (χ2v) is 8.83. The van der Waals surface area contributed by atoms with Gasteiger partial charge in [-0.2, -0.15) is 0 Å². The van der Waals surface area contributed by atoms with Gasteiger partial charge in [-0.15, -0.1) is 0 Å². The van der Waals surface area contributed by atoms with Crippen molar-refractivity contribution in [3.63, 3.8) is 0 Å². The van der Waals surface area contributed by atoms with E-state index in [1.165, 1.54) is 27.2 Å². The monoisotopic (exact) mass is 436 g/mol. The van der Waals surface area contributed by atoms with Crippen molar-refractivity contribution in [1.29, 1.82) is 0 Å². The number of amides is 2. The maximum Gasteiger partial charge on any atom is 0.261 e. The summed E-state index contributed by atoms with van der Waals surface area (Å²) in [5, 5.41) is 0. The predicted molar refractivity (Wildman–Crippen MR) is 130 cm³/mol. The van der Waals surface area contributed by atoms with Gasteiger partial charge in [0.1, 0.15) is 0 Å². The van der Waals surface area contributed by atoms with Crippen LogP contribution in [0.3, 0.4) is 0 Å². The minimum atomic E-state index is -0.174. The van der Waals surface area contributed by atoms with Crippen LogP contribution in [0.15, 0.2) is 96.1 Å². The van der Waals surface area contributed by atoms with Gasteiger partial charge in [0.15, 0.2) is 0 Å². The third-order valence-corrected chi connectivity index (χ3v) is 6.66. The molecule has 2 aliphatic heterocycles. The molecule has 2 aliphatic rings. The number of likely N-dealkylation sites (tertiary alicyclic amines) is 1. The van der Waals surface area contributed by atoms with Gasteiger partial charge < -0.3 is 0 Å². The van der Waals surface area contributed by atoms with Crippen molar-refractivity contribution in [3.05, 3.63) is 118 Å². The number of hydrogen-bond donors (Lipinski definition) is 0. The van der Waals surface area contributed by atoms with Crippen LogP contribution in [0.5, 0.6) is 0 Å². The molecule has 0 bridgehead atoms. The molecule has 166 valence electrons.